The van der Waals surface area contributed by atoms with Gasteiger partial charge in [-0.05, 0) is 31.2 Å². The van der Waals surface area contributed by atoms with Crippen LogP contribution in [0.3, 0.4) is 0 Å². The molecular weight excluding hydrogens is 399 g/mol. The first kappa shape index (κ1) is 20.1. The Labute approximate surface area is 170 Å². The van der Waals surface area contributed by atoms with Crippen LogP contribution < -0.4 is 5.32 Å². The number of fused-ring (bicyclic) bond motifs is 1. The summed E-state index contributed by atoms with van der Waals surface area (Å²) in [6, 6.07) is 4.48. The van der Waals surface area contributed by atoms with E-state index in [9.17, 15) is 18.0 Å². The van der Waals surface area contributed by atoms with Gasteiger partial charge < -0.3 is 14.3 Å². The van der Waals surface area contributed by atoms with Crippen molar-refractivity contribution in [2.45, 2.75) is 32.5 Å². The molecule has 1 amide bonds. The lowest BCUT2D eigenvalue weighted by Crippen LogP contribution is -2.30. The van der Waals surface area contributed by atoms with Gasteiger partial charge in [-0.15, -0.1) is 10.2 Å². The minimum absolute atomic E-state index is 0.0478. The van der Waals surface area contributed by atoms with Gasteiger partial charge in [0.1, 0.15) is 11.6 Å². The first-order valence-electron chi connectivity index (χ1n) is 9.55. The molecule has 10 heteroatoms. The summed E-state index contributed by atoms with van der Waals surface area (Å²) in [7, 11) is 0. The molecule has 30 heavy (non-hydrogen) atoms. The maximum Gasteiger partial charge on any atom is 0.287 e. The molecule has 3 aromatic rings. The second kappa shape index (κ2) is 8.31. The predicted molar refractivity (Wildman–Crippen MR) is 99.9 cm³/mol. The van der Waals surface area contributed by atoms with Crippen LogP contribution >= 0.6 is 0 Å². The predicted octanol–water partition coefficient (Wildman–Crippen LogP) is 2.84. The van der Waals surface area contributed by atoms with Crippen LogP contribution in [-0.2, 0) is 19.5 Å². The van der Waals surface area contributed by atoms with Gasteiger partial charge in [-0.3, -0.25) is 9.69 Å². The summed E-state index contributed by atoms with van der Waals surface area (Å²) >= 11 is 0. The molecule has 7 nitrogen and oxygen atoms in total. The van der Waals surface area contributed by atoms with Crippen LogP contribution in [0.15, 0.2) is 34.9 Å². The molecule has 1 aliphatic rings. The lowest BCUT2D eigenvalue weighted by atomic mass is 10.1. The Hall–Kier alpha value is -3.14. The Bertz CT molecular complexity index is 1050. The van der Waals surface area contributed by atoms with Crippen molar-refractivity contribution in [2.75, 3.05) is 13.1 Å². The Morgan fingerprint density at radius 3 is 2.73 bits per heavy atom. The zero-order chi connectivity index (χ0) is 21.3. The van der Waals surface area contributed by atoms with E-state index >= 15 is 0 Å². The number of nitrogens with one attached hydrogen (secondary N) is 1. The van der Waals surface area contributed by atoms with Gasteiger partial charge in [-0.2, -0.15) is 0 Å². The average molecular weight is 419 g/mol. The summed E-state index contributed by atoms with van der Waals surface area (Å²) in [5.74, 6) is -1.87. The van der Waals surface area contributed by atoms with E-state index in [0.29, 0.717) is 37.7 Å². The fraction of sp³-hybridized carbons (Fsp3) is 0.350. The van der Waals surface area contributed by atoms with Gasteiger partial charge in [0.25, 0.3) is 5.91 Å². The molecule has 1 unspecified atom stereocenters. The molecule has 1 aromatic carbocycles. The minimum Gasteiger partial charge on any atom is -0.459 e. The van der Waals surface area contributed by atoms with E-state index in [4.69, 9.17) is 4.42 Å². The number of halogens is 3. The van der Waals surface area contributed by atoms with Gasteiger partial charge in [0, 0.05) is 38.2 Å². The zero-order valence-electron chi connectivity index (χ0n) is 16.2. The van der Waals surface area contributed by atoms with Crippen molar-refractivity contribution < 1.29 is 22.4 Å². The summed E-state index contributed by atoms with van der Waals surface area (Å²) in [6.45, 7) is 3.16. The minimum atomic E-state index is -1.16. The molecule has 4 rings (SSSR count). The van der Waals surface area contributed by atoms with Crippen molar-refractivity contribution in [1.82, 2.24) is 25.0 Å². The van der Waals surface area contributed by atoms with E-state index < -0.39 is 23.5 Å². The first-order valence-corrected chi connectivity index (χ1v) is 9.55. The third-order valence-corrected chi connectivity index (χ3v) is 5.15. The first-order chi connectivity index (χ1) is 14.4. The Balaban J connectivity index is 1.45. The molecule has 0 bridgehead atoms. The number of furan rings is 1. The van der Waals surface area contributed by atoms with Crippen LogP contribution in [0.25, 0.3) is 0 Å². The second-order valence-electron chi connectivity index (χ2n) is 7.15. The van der Waals surface area contributed by atoms with Gasteiger partial charge in [-0.1, -0.05) is 0 Å². The van der Waals surface area contributed by atoms with Crippen molar-refractivity contribution in [2.24, 2.45) is 0 Å². The van der Waals surface area contributed by atoms with E-state index in [1.54, 1.807) is 19.1 Å². The third-order valence-electron chi connectivity index (χ3n) is 5.15. The average Bonchev–Trinajstić information content (AvgIpc) is 3.36. The molecular formula is C20H20F3N5O2. The van der Waals surface area contributed by atoms with Crippen LogP contribution in [0.4, 0.5) is 13.2 Å². The van der Waals surface area contributed by atoms with Crippen LogP contribution in [0.2, 0.25) is 0 Å². The fourth-order valence-electron chi connectivity index (χ4n) is 3.55. The monoisotopic (exact) mass is 419 g/mol. The Morgan fingerprint density at radius 2 is 1.97 bits per heavy atom. The summed E-state index contributed by atoms with van der Waals surface area (Å²) in [5.41, 5.74) is -0.285. The van der Waals surface area contributed by atoms with Gasteiger partial charge in [0.2, 0.25) is 0 Å². The van der Waals surface area contributed by atoms with Crippen molar-refractivity contribution in [3.8, 4) is 0 Å². The Kier molecular flexibility index (Phi) is 5.58. The summed E-state index contributed by atoms with van der Waals surface area (Å²) in [4.78, 5) is 14.1. The van der Waals surface area contributed by atoms with E-state index in [2.05, 4.69) is 15.5 Å². The standard InChI is InChI=1S/C20H20F3N5O2/c1-12(24-20(29)16-3-2-10-30-16)19-26-25-17-6-7-27(8-9-28(17)19)11-13-14(21)4-5-15(22)18(13)23/h2-5,10,12H,6-9,11H2,1H3,(H,24,29). The van der Waals surface area contributed by atoms with Gasteiger partial charge in [0.05, 0.1) is 12.3 Å². The van der Waals surface area contributed by atoms with Crippen molar-refractivity contribution in [3.63, 3.8) is 0 Å². The molecule has 2 aromatic heterocycles. The highest BCUT2D eigenvalue weighted by Crippen LogP contribution is 2.21. The fourth-order valence-corrected chi connectivity index (χ4v) is 3.55. The second-order valence-corrected chi connectivity index (χ2v) is 7.15. The Morgan fingerprint density at radius 1 is 1.17 bits per heavy atom. The lowest BCUT2D eigenvalue weighted by molar-refractivity contribution is 0.0909. The largest absolute Gasteiger partial charge is 0.459 e. The third kappa shape index (κ3) is 3.95. The molecule has 1 N–H and O–H groups in total. The number of rotatable bonds is 5. The molecule has 158 valence electrons. The highest BCUT2D eigenvalue weighted by molar-refractivity contribution is 5.91. The smallest absolute Gasteiger partial charge is 0.287 e. The zero-order valence-corrected chi connectivity index (χ0v) is 16.2. The van der Waals surface area contributed by atoms with Crippen LogP contribution in [0.1, 0.15) is 40.7 Å². The van der Waals surface area contributed by atoms with Crippen LogP contribution in [0, 0.1) is 17.5 Å². The van der Waals surface area contributed by atoms with E-state index in [1.165, 1.54) is 6.26 Å². The number of hydrogen-bond donors (Lipinski definition) is 1. The molecule has 1 atom stereocenters. The van der Waals surface area contributed by atoms with Crippen molar-refractivity contribution in [3.05, 3.63) is 71.0 Å². The quantitative estimate of drug-likeness (QED) is 0.644. The number of hydrogen-bond acceptors (Lipinski definition) is 5. The molecule has 3 heterocycles. The number of aromatic nitrogens is 3. The molecule has 0 saturated heterocycles. The molecule has 0 fully saturated rings. The van der Waals surface area contributed by atoms with Crippen LogP contribution in [-0.4, -0.2) is 38.7 Å². The van der Waals surface area contributed by atoms with Crippen LogP contribution in [0.5, 0.6) is 0 Å². The number of carbonyl (C=O) groups is 1. The molecule has 0 spiro atoms. The van der Waals surface area contributed by atoms with Crippen molar-refractivity contribution in [1.29, 1.82) is 0 Å². The van der Waals surface area contributed by atoms with Gasteiger partial charge >= 0.3 is 0 Å². The normalized spacial score (nSPS) is 15.5. The van der Waals surface area contributed by atoms with Gasteiger partial charge in [0.15, 0.2) is 23.2 Å². The SMILES string of the molecule is CC(NC(=O)c1ccco1)c1nnc2n1CCN(Cc1c(F)ccc(F)c1F)CC2. The van der Waals surface area contributed by atoms with Crippen molar-refractivity contribution >= 4 is 5.91 Å². The maximum absolute atomic E-state index is 14.0. The maximum atomic E-state index is 14.0. The van der Waals surface area contributed by atoms with E-state index in [-0.39, 0.29) is 23.8 Å². The number of benzene rings is 1. The highest BCUT2D eigenvalue weighted by Gasteiger charge is 2.25. The highest BCUT2D eigenvalue weighted by atomic mass is 19.2. The molecule has 1 aliphatic heterocycles. The van der Waals surface area contributed by atoms with E-state index in [1.807, 2.05) is 9.47 Å². The molecule has 0 saturated carbocycles. The number of carbonyl (C=O) groups excluding carboxylic acids is 1. The summed E-state index contributed by atoms with van der Waals surface area (Å²) < 4.78 is 48.5. The number of nitrogens with zero attached hydrogens (tertiary/aromatic N) is 4. The lowest BCUT2D eigenvalue weighted by Gasteiger charge is -2.21. The summed E-state index contributed by atoms with van der Waals surface area (Å²) in [5, 5.41) is 11.2. The summed E-state index contributed by atoms with van der Waals surface area (Å²) in [6.07, 6.45) is 1.92. The van der Waals surface area contributed by atoms with E-state index in [0.717, 1.165) is 12.1 Å². The van der Waals surface area contributed by atoms with Gasteiger partial charge in [-0.25, -0.2) is 13.2 Å². The molecule has 0 radical (unpaired) electrons. The topological polar surface area (TPSA) is 76.2 Å². The molecule has 0 aliphatic carbocycles. The number of amides is 1.